The number of non-ortho nitro benzene ring substituents is 1. The fraction of sp³-hybridized carbons (Fsp3) is 0.273. The largest absolute Gasteiger partial charge is 0.493 e. The van der Waals surface area contributed by atoms with Gasteiger partial charge >= 0.3 is 6.03 Å². The molecule has 1 fully saturated rings. The Morgan fingerprint density at radius 1 is 1.15 bits per heavy atom. The van der Waals surface area contributed by atoms with Crippen LogP contribution in [0.1, 0.15) is 23.6 Å². The Balaban J connectivity index is 1.67. The number of hydrazone groups is 1. The summed E-state index contributed by atoms with van der Waals surface area (Å²) in [5.74, 6) is -0.0786. The van der Waals surface area contributed by atoms with Gasteiger partial charge in [0.1, 0.15) is 6.54 Å². The first kappa shape index (κ1) is 22.7. The molecular formula is C22H21N5O7. The molecule has 4 amide bonds. The van der Waals surface area contributed by atoms with Gasteiger partial charge in [-0.1, -0.05) is 6.07 Å². The minimum Gasteiger partial charge on any atom is -0.493 e. The van der Waals surface area contributed by atoms with E-state index >= 15 is 0 Å². The Morgan fingerprint density at radius 3 is 2.44 bits per heavy atom. The predicted molar refractivity (Wildman–Crippen MR) is 118 cm³/mol. The van der Waals surface area contributed by atoms with Crippen molar-refractivity contribution in [2.75, 3.05) is 27.3 Å². The van der Waals surface area contributed by atoms with Crippen LogP contribution in [-0.2, 0) is 9.59 Å². The highest BCUT2D eigenvalue weighted by Gasteiger charge is 2.37. The minimum atomic E-state index is -0.639. The van der Waals surface area contributed by atoms with Crippen LogP contribution in [0.3, 0.4) is 0 Å². The van der Waals surface area contributed by atoms with E-state index in [0.717, 1.165) is 4.90 Å². The van der Waals surface area contributed by atoms with Gasteiger partial charge in [-0.2, -0.15) is 5.10 Å². The van der Waals surface area contributed by atoms with Crippen LogP contribution in [0.4, 0.5) is 10.5 Å². The molecule has 0 aliphatic carbocycles. The molecule has 0 spiro atoms. The zero-order valence-electron chi connectivity index (χ0n) is 18.4. The maximum Gasteiger partial charge on any atom is 0.325 e. The molecular weight excluding hydrogens is 446 g/mol. The third-order valence-corrected chi connectivity index (χ3v) is 5.60. The summed E-state index contributed by atoms with van der Waals surface area (Å²) in [6.45, 7) is -0.631. The maximum absolute atomic E-state index is 13.2. The summed E-state index contributed by atoms with van der Waals surface area (Å²) in [6.07, 6.45) is 0.305. The van der Waals surface area contributed by atoms with Gasteiger partial charge in [0, 0.05) is 18.6 Å². The summed E-state index contributed by atoms with van der Waals surface area (Å²) in [7, 11) is 3.01. The summed E-state index contributed by atoms with van der Waals surface area (Å²) in [4.78, 5) is 48.4. The molecule has 12 nitrogen and oxygen atoms in total. The second kappa shape index (κ2) is 9.17. The third kappa shape index (κ3) is 4.25. The van der Waals surface area contributed by atoms with Crippen LogP contribution >= 0.6 is 0 Å². The van der Waals surface area contributed by atoms with E-state index in [4.69, 9.17) is 9.47 Å². The normalized spacial score (nSPS) is 17.5. The van der Waals surface area contributed by atoms with E-state index in [1.165, 1.54) is 31.4 Å². The lowest BCUT2D eigenvalue weighted by Gasteiger charge is -2.24. The standard InChI is InChI=1S/C22H21N5O7/c1-33-18-8-5-14(9-19(18)34-2)17-10-16(13-3-6-15(7-4-13)27(31)32)24-26(17)21(29)12-25-20(28)11-23-22(25)30/h3-9,17H,10-12H2,1-2H3,(H,23,30). The molecule has 1 saturated heterocycles. The highest BCUT2D eigenvalue weighted by Crippen LogP contribution is 2.37. The van der Waals surface area contributed by atoms with Gasteiger partial charge in [-0.3, -0.25) is 24.6 Å². The molecule has 2 aliphatic heterocycles. The van der Waals surface area contributed by atoms with Crippen LogP contribution in [0, 0.1) is 10.1 Å². The number of hydrogen-bond donors (Lipinski definition) is 1. The first-order chi connectivity index (χ1) is 16.3. The lowest BCUT2D eigenvalue weighted by molar-refractivity contribution is -0.384. The summed E-state index contributed by atoms with van der Waals surface area (Å²) < 4.78 is 10.7. The van der Waals surface area contributed by atoms with Crippen molar-refractivity contribution in [3.63, 3.8) is 0 Å². The lowest BCUT2D eigenvalue weighted by Crippen LogP contribution is -2.41. The van der Waals surface area contributed by atoms with Crippen molar-refractivity contribution >= 4 is 29.2 Å². The molecule has 2 aliphatic rings. The molecule has 4 rings (SSSR count). The second-order valence-electron chi connectivity index (χ2n) is 7.56. The number of carbonyl (C=O) groups excluding carboxylic acids is 3. The Hall–Kier alpha value is -4.48. The fourth-order valence-corrected chi connectivity index (χ4v) is 3.83. The molecule has 0 radical (unpaired) electrons. The van der Waals surface area contributed by atoms with Crippen LogP contribution in [0.15, 0.2) is 47.6 Å². The number of methoxy groups -OCH3 is 2. The van der Waals surface area contributed by atoms with Crippen molar-refractivity contribution in [2.24, 2.45) is 5.10 Å². The van der Waals surface area contributed by atoms with Crippen LogP contribution in [-0.4, -0.2) is 65.7 Å². The number of ether oxygens (including phenoxy) is 2. The Bertz CT molecular complexity index is 1180. The number of carbonyl (C=O) groups is 3. The van der Waals surface area contributed by atoms with Gasteiger partial charge in [0.2, 0.25) is 0 Å². The molecule has 0 bridgehead atoms. The molecule has 1 unspecified atom stereocenters. The number of imide groups is 1. The molecule has 0 aromatic heterocycles. The molecule has 34 heavy (non-hydrogen) atoms. The molecule has 2 heterocycles. The van der Waals surface area contributed by atoms with E-state index in [1.807, 2.05) is 0 Å². The minimum absolute atomic E-state index is 0.0646. The number of urea groups is 1. The Labute approximate surface area is 193 Å². The predicted octanol–water partition coefficient (Wildman–Crippen LogP) is 1.84. The van der Waals surface area contributed by atoms with Crippen molar-refractivity contribution < 1.29 is 28.8 Å². The average molecular weight is 467 g/mol. The van der Waals surface area contributed by atoms with E-state index in [9.17, 15) is 24.5 Å². The highest BCUT2D eigenvalue weighted by molar-refractivity contribution is 6.06. The number of nitrogens with one attached hydrogen (secondary N) is 1. The van der Waals surface area contributed by atoms with E-state index in [2.05, 4.69) is 10.4 Å². The molecule has 1 N–H and O–H groups in total. The van der Waals surface area contributed by atoms with Gasteiger partial charge in [0.25, 0.3) is 17.5 Å². The van der Waals surface area contributed by atoms with Crippen LogP contribution in [0.2, 0.25) is 0 Å². The molecule has 2 aromatic rings. The van der Waals surface area contributed by atoms with E-state index in [-0.39, 0.29) is 12.2 Å². The highest BCUT2D eigenvalue weighted by atomic mass is 16.6. The van der Waals surface area contributed by atoms with Crippen molar-refractivity contribution in [3.8, 4) is 11.5 Å². The zero-order valence-corrected chi connectivity index (χ0v) is 18.4. The number of nitrogens with zero attached hydrogens (tertiary/aromatic N) is 4. The fourth-order valence-electron chi connectivity index (χ4n) is 3.83. The van der Waals surface area contributed by atoms with Gasteiger partial charge in [0.15, 0.2) is 11.5 Å². The van der Waals surface area contributed by atoms with Crippen molar-refractivity contribution in [3.05, 3.63) is 63.7 Å². The van der Waals surface area contributed by atoms with Gasteiger partial charge < -0.3 is 14.8 Å². The third-order valence-electron chi connectivity index (χ3n) is 5.60. The number of rotatable bonds is 7. The quantitative estimate of drug-likeness (QED) is 0.372. The van der Waals surface area contributed by atoms with Crippen LogP contribution < -0.4 is 14.8 Å². The molecule has 1 atom stereocenters. The van der Waals surface area contributed by atoms with Gasteiger partial charge in [-0.15, -0.1) is 0 Å². The first-order valence-corrected chi connectivity index (χ1v) is 10.3. The Kier molecular flexibility index (Phi) is 6.13. The summed E-state index contributed by atoms with van der Waals surface area (Å²) in [5.41, 5.74) is 1.77. The average Bonchev–Trinajstić information content (AvgIpc) is 3.43. The molecule has 12 heteroatoms. The summed E-state index contributed by atoms with van der Waals surface area (Å²) in [5, 5.41) is 19.1. The number of nitro benzene ring substituents is 1. The van der Waals surface area contributed by atoms with Crippen LogP contribution in [0.25, 0.3) is 0 Å². The number of amides is 4. The van der Waals surface area contributed by atoms with Gasteiger partial charge in [0.05, 0.1) is 37.4 Å². The van der Waals surface area contributed by atoms with Crippen molar-refractivity contribution in [1.82, 2.24) is 15.2 Å². The molecule has 2 aromatic carbocycles. The number of hydrogen-bond acceptors (Lipinski definition) is 8. The van der Waals surface area contributed by atoms with E-state index < -0.39 is 35.4 Å². The van der Waals surface area contributed by atoms with Gasteiger partial charge in [-0.05, 0) is 35.4 Å². The van der Waals surface area contributed by atoms with E-state index in [1.54, 1.807) is 30.3 Å². The van der Waals surface area contributed by atoms with Crippen molar-refractivity contribution in [1.29, 1.82) is 0 Å². The topological polar surface area (TPSA) is 144 Å². The summed E-state index contributed by atoms with van der Waals surface area (Å²) in [6, 6.07) is 9.86. The Morgan fingerprint density at radius 2 is 1.85 bits per heavy atom. The maximum atomic E-state index is 13.2. The van der Waals surface area contributed by atoms with E-state index in [0.29, 0.717) is 34.8 Å². The number of benzene rings is 2. The number of nitro groups is 1. The van der Waals surface area contributed by atoms with Crippen molar-refractivity contribution in [2.45, 2.75) is 12.5 Å². The molecule has 0 saturated carbocycles. The summed E-state index contributed by atoms with van der Waals surface area (Å²) >= 11 is 0. The van der Waals surface area contributed by atoms with Gasteiger partial charge in [-0.25, -0.2) is 9.80 Å². The smallest absolute Gasteiger partial charge is 0.325 e. The first-order valence-electron chi connectivity index (χ1n) is 10.3. The molecule has 176 valence electrons. The zero-order chi connectivity index (χ0) is 24.4. The lowest BCUT2D eigenvalue weighted by atomic mass is 9.98. The second-order valence-corrected chi connectivity index (χ2v) is 7.56. The monoisotopic (exact) mass is 467 g/mol. The SMILES string of the molecule is COc1ccc(C2CC(c3ccc([N+](=O)[O-])cc3)=NN2C(=O)CN2C(=O)CNC2=O)cc1OC. The van der Waals surface area contributed by atoms with Crippen LogP contribution in [0.5, 0.6) is 11.5 Å².